The molecule has 4 N–H and O–H groups in total. The second kappa shape index (κ2) is 6.40. The monoisotopic (exact) mass is 295 g/mol. The molecular weight excluding hydrogens is 282 g/mol. The lowest BCUT2D eigenvalue weighted by Gasteiger charge is -2.11. The van der Waals surface area contributed by atoms with Crippen molar-refractivity contribution in [3.8, 4) is 0 Å². The Labute approximate surface area is 117 Å². The number of tetrazole rings is 1. The van der Waals surface area contributed by atoms with Crippen molar-refractivity contribution in [2.75, 3.05) is 6.54 Å². The summed E-state index contributed by atoms with van der Waals surface area (Å²) >= 11 is 0. The van der Waals surface area contributed by atoms with Crippen LogP contribution in [0.3, 0.4) is 0 Å². The van der Waals surface area contributed by atoms with Crippen LogP contribution in [-0.4, -0.2) is 59.3 Å². The van der Waals surface area contributed by atoms with Gasteiger partial charge >= 0.3 is 12.0 Å². The van der Waals surface area contributed by atoms with Gasteiger partial charge < -0.3 is 15.7 Å². The van der Waals surface area contributed by atoms with E-state index in [0.29, 0.717) is 12.4 Å². The normalized spacial score (nSPS) is 11.9. The summed E-state index contributed by atoms with van der Waals surface area (Å²) in [7, 11) is 0. The van der Waals surface area contributed by atoms with E-state index in [2.05, 4.69) is 41.6 Å². The molecule has 2 rings (SSSR count). The molecule has 112 valence electrons. The van der Waals surface area contributed by atoms with Crippen molar-refractivity contribution in [2.24, 2.45) is 0 Å². The van der Waals surface area contributed by atoms with E-state index in [1.54, 1.807) is 6.92 Å². The van der Waals surface area contributed by atoms with Gasteiger partial charge in [-0.05, 0) is 6.92 Å². The van der Waals surface area contributed by atoms with E-state index in [4.69, 9.17) is 5.11 Å². The van der Waals surface area contributed by atoms with Crippen LogP contribution in [0.1, 0.15) is 29.3 Å². The van der Waals surface area contributed by atoms with Crippen molar-refractivity contribution in [1.29, 1.82) is 0 Å². The molecule has 12 heteroatoms. The first-order valence-electron chi connectivity index (χ1n) is 5.97. The van der Waals surface area contributed by atoms with Gasteiger partial charge in [-0.2, -0.15) is 5.21 Å². The third kappa shape index (κ3) is 3.95. The van der Waals surface area contributed by atoms with E-state index >= 15 is 0 Å². The predicted molar refractivity (Wildman–Crippen MR) is 66.1 cm³/mol. The largest absolute Gasteiger partial charge is 0.476 e. The number of amides is 2. The third-order valence-electron chi connectivity index (χ3n) is 2.48. The Morgan fingerprint density at radius 1 is 1.48 bits per heavy atom. The molecular formula is C9H13N9O3. The van der Waals surface area contributed by atoms with Crippen LogP contribution in [0.15, 0.2) is 6.20 Å². The summed E-state index contributed by atoms with van der Waals surface area (Å²) in [6.45, 7) is 2.26. The maximum Gasteiger partial charge on any atom is 0.358 e. The van der Waals surface area contributed by atoms with Crippen LogP contribution in [0.2, 0.25) is 0 Å². The second-order valence-electron chi connectivity index (χ2n) is 4.06. The van der Waals surface area contributed by atoms with Crippen LogP contribution in [0, 0.1) is 0 Å². The summed E-state index contributed by atoms with van der Waals surface area (Å²) < 4.78 is 1.33. The molecule has 2 aromatic rings. The average molecular weight is 295 g/mol. The van der Waals surface area contributed by atoms with E-state index in [-0.39, 0.29) is 12.2 Å². The first kappa shape index (κ1) is 14.4. The van der Waals surface area contributed by atoms with Crippen LogP contribution >= 0.6 is 0 Å². The molecule has 1 unspecified atom stereocenters. The molecule has 2 aromatic heterocycles. The minimum atomic E-state index is -1.15. The summed E-state index contributed by atoms with van der Waals surface area (Å²) in [4.78, 5) is 22.2. The van der Waals surface area contributed by atoms with Gasteiger partial charge in [0.2, 0.25) is 0 Å². The van der Waals surface area contributed by atoms with Crippen molar-refractivity contribution < 1.29 is 14.7 Å². The number of H-pyrrole nitrogens is 1. The number of hydrogen-bond donors (Lipinski definition) is 4. The molecule has 0 aliphatic heterocycles. The standard InChI is InChI=1S/C9H13N9O3/c1-5(7-13-15-16-14-7)11-9(21)10-2-3-18-4-6(8(19)20)12-17-18/h4-5H,2-3H2,1H3,(H,19,20)(H2,10,11,21)(H,13,14,15,16). The molecule has 0 spiro atoms. The van der Waals surface area contributed by atoms with Crippen LogP contribution in [0.5, 0.6) is 0 Å². The number of nitrogens with zero attached hydrogens (tertiary/aromatic N) is 6. The van der Waals surface area contributed by atoms with Crippen molar-refractivity contribution in [1.82, 2.24) is 46.3 Å². The first-order valence-corrected chi connectivity index (χ1v) is 5.97. The van der Waals surface area contributed by atoms with Gasteiger partial charge in [-0.15, -0.1) is 15.3 Å². The topological polar surface area (TPSA) is 164 Å². The zero-order valence-electron chi connectivity index (χ0n) is 11.0. The number of hydrogen-bond acceptors (Lipinski definition) is 7. The lowest BCUT2D eigenvalue weighted by atomic mass is 10.3. The summed E-state index contributed by atoms with van der Waals surface area (Å²) in [5.41, 5.74) is -0.148. The number of rotatable bonds is 6. The number of aromatic nitrogens is 7. The van der Waals surface area contributed by atoms with Gasteiger partial charge in [0, 0.05) is 6.54 Å². The van der Waals surface area contributed by atoms with Crippen LogP contribution in [0.25, 0.3) is 0 Å². The Morgan fingerprint density at radius 2 is 2.29 bits per heavy atom. The molecule has 0 radical (unpaired) electrons. The zero-order valence-corrected chi connectivity index (χ0v) is 11.0. The number of carboxylic acid groups (broad SMARTS) is 1. The van der Waals surface area contributed by atoms with Crippen molar-refractivity contribution in [3.63, 3.8) is 0 Å². The maximum absolute atomic E-state index is 11.6. The molecule has 12 nitrogen and oxygen atoms in total. The number of carboxylic acids is 1. The van der Waals surface area contributed by atoms with Gasteiger partial charge in [-0.1, -0.05) is 10.4 Å². The van der Waals surface area contributed by atoms with Crippen molar-refractivity contribution in [2.45, 2.75) is 19.5 Å². The summed E-state index contributed by atoms with van der Waals surface area (Å²) in [6.07, 6.45) is 1.28. The SMILES string of the molecule is CC(NC(=O)NCCn1cc(C(=O)O)nn1)c1nn[nH]n1. The van der Waals surface area contributed by atoms with Gasteiger partial charge in [-0.3, -0.25) is 0 Å². The quantitative estimate of drug-likeness (QED) is 0.502. The van der Waals surface area contributed by atoms with Crippen LogP contribution in [0.4, 0.5) is 4.79 Å². The molecule has 0 saturated carbocycles. The van der Waals surface area contributed by atoms with E-state index in [0.717, 1.165) is 0 Å². The molecule has 0 aliphatic carbocycles. The highest BCUT2D eigenvalue weighted by Gasteiger charge is 2.13. The number of aromatic carboxylic acids is 1. The van der Waals surface area contributed by atoms with E-state index in [1.165, 1.54) is 10.9 Å². The molecule has 0 aromatic carbocycles. The Morgan fingerprint density at radius 3 is 2.90 bits per heavy atom. The average Bonchev–Trinajstić information content (AvgIpc) is 3.10. The summed E-state index contributed by atoms with van der Waals surface area (Å²) in [5, 5.41) is 34.1. The zero-order chi connectivity index (χ0) is 15.2. The lowest BCUT2D eigenvalue weighted by Crippen LogP contribution is -2.38. The fourth-order valence-electron chi connectivity index (χ4n) is 1.45. The number of aromatic amines is 1. The van der Waals surface area contributed by atoms with Crippen molar-refractivity contribution >= 4 is 12.0 Å². The molecule has 2 heterocycles. The Kier molecular flexibility index (Phi) is 4.38. The number of carbonyl (C=O) groups excluding carboxylic acids is 1. The molecule has 0 bridgehead atoms. The maximum atomic E-state index is 11.6. The first-order chi connectivity index (χ1) is 10.1. The fourth-order valence-corrected chi connectivity index (χ4v) is 1.45. The minimum Gasteiger partial charge on any atom is -0.476 e. The Hall–Kier alpha value is -3.05. The van der Waals surface area contributed by atoms with Gasteiger partial charge in [0.1, 0.15) is 0 Å². The molecule has 2 amide bonds. The summed E-state index contributed by atoms with van der Waals surface area (Å²) in [5.74, 6) is -0.784. The minimum absolute atomic E-state index is 0.148. The molecule has 1 atom stereocenters. The van der Waals surface area contributed by atoms with Gasteiger partial charge in [0.05, 0.1) is 18.8 Å². The molecule has 0 fully saturated rings. The Balaban J connectivity index is 1.72. The number of urea groups is 1. The van der Waals surface area contributed by atoms with E-state index < -0.39 is 18.0 Å². The highest BCUT2D eigenvalue weighted by atomic mass is 16.4. The van der Waals surface area contributed by atoms with Gasteiger partial charge in [0.25, 0.3) is 0 Å². The van der Waals surface area contributed by atoms with Gasteiger partial charge in [-0.25, -0.2) is 14.3 Å². The Bertz CT molecular complexity index is 608. The fraction of sp³-hybridized carbons (Fsp3) is 0.444. The van der Waals surface area contributed by atoms with Crippen LogP contribution in [-0.2, 0) is 6.54 Å². The predicted octanol–water partition coefficient (Wildman–Crippen LogP) is -1.45. The second-order valence-corrected chi connectivity index (χ2v) is 4.06. The molecule has 0 aliphatic rings. The van der Waals surface area contributed by atoms with Crippen molar-refractivity contribution in [3.05, 3.63) is 17.7 Å². The number of carbonyl (C=O) groups is 2. The number of nitrogens with one attached hydrogen (secondary N) is 3. The summed E-state index contributed by atoms with van der Waals surface area (Å²) in [6, 6.07) is -0.806. The van der Waals surface area contributed by atoms with E-state index in [1.807, 2.05) is 0 Å². The van der Waals surface area contributed by atoms with Crippen LogP contribution < -0.4 is 10.6 Å². The smallest absolute Gasteiger partial charge is 0.358 e. The molecule has 21 heavy (non-hydrogen) atoms. The van der Waals surface area contributed by atoms with E-state index in [9.17, 15) is 9.59 Å². The highest BCUT2D eigenvalue weighted by molar-refractivity contribution is 5.84. The molecule has 0 saturated heterocycles. The van der Waals surface area contributed by atoms with Gasteiger partial charge in [0.15, 0.2) is 11.5 Å². The lowest BCUT2D eigenvalue weighted by molar-refractivity contribution is 0.0690. The highest BCUT2D eigenvalue weighted by Crippen LogP contribution is 2.01. The third-order valence-corrected chi connectivity index (χ3v) is 2.48.